The van der Waals surface area contributed by atoms with Gasteiger partial charge in [0.05, 0.1) is 18.4 Å². The van der Waals surface area contributed by atoms with Gasteiger partial charge in [-0.3, -0.25) is 0 Å². The number of benzene rings is 2. The van der Waals surface area contributed by atoms with Crippen LogP contribution in [0.15, 0.2) is 48.5 Å². The van der Waals surface area contributed by atoms with Gasteiger partial charge in [0.25, 0.3) is 0 Å². The Kier molecular flexibility index (Phi) is 8.19. The summed E-state index contributed by atoms with van der Waals surface area (Å²) in [4.78, 5) is 0. The van der Waals surface area contributed by atoms with E-state index in [0.29, 0.717) is 31.2 Å². The van der Waals surface area contributed by atoms with E-state index >= 15 is 0 Å². The Morgan fingerprint density at radius 1 is 1.14 bits per heavy atom. The van der Waals surface area contributed by atoms with Gasteiger partial charge >= 0.3 is 6.01 Å². The number of ether oxygens (including phenoxy) is 2. The van der Waals surface area contributed by atoms with Crippen LogP contribution in [0.1, 0.15) is 19.4 Å². The van der Waals surface area contributed by atoms with Crippen molar-refractivity contribution >= 4 is 12.4 Å². The fraction of sp³-hybridized carbons (Fsp3) is 0.316. The second kappa shape index (κ2) is 10.6. The van der Waals surface area contributed by atoms with Crippen LogP contribution >= 0.6 is 12.4 Å². The zero-order valence-electron chi connectivity index (χ0n) is 15.8. The van der Waals surface area contributed by atoms with Crippen LogP contribution < -0.4 is 14.8 Å². The number of nitrogens with one attached hydrogen (secondary N) is 1. The van der Waals surface area contributed by atoms with Crippen molar-refractivity contribution in [2.24, 2.45) is 0 Å². The lowest BCUT2D eigenvalue weighted by atomic mass is 10.2. The van der Waals surface area contributed by atoms with Crippen LogP contribution in [0.5, 0.6) is 17.5 Å². The van der Waals surface area contributed by atoms with Crippen LogP contribution in [0, 0.1) is 0 Å². The molecule has 2 N–H and O–H groups in total. The van der Waals surface area contributed by atoms with Gasteiger partial charge in [-0.15, -0.1) is 12.4 Å². The molecule has 0 fully saturated rings. The van der Waals surface area contributed by atoms with Gasteiger partial charge < -0.3 is 19.9 Å². The minimum absolute atomic E-state index is 0. The number of aliphatic hydroxyl groups is 1. The molecule has 0 saturated carbocycles. The maximum atomic E-state index is 9.35. The van der Waals surface area contributed by atoms with Gasteiger partial charge in [-0.05, 0) is 54.1 Å². The lowest BCUT2D eigenvalue weighted by Gasteiger charge is -2.13. The predicted molar refractivity (Wildman–Crippen MR) is 107 cm³/mol. The molecule has 0 saturated heterocycles. The maximum absolute atomic E-state index is 9.35. The van der Waals surface area contributed by atoms with Crippen molar-refractivity contribution in [3.8, 4) is 23.2 Å². The number of tetrazole rings is 1. The lowest BCUT2D eigenvalue weighted by molar-refractivity contribution is 0.191. The van der Waals surface area contributed by atoms with E-state index in [2.05, 4.69) is 20.8 Å². The Morgan fingerprint density at radius 2 is 1.93 bits per heavy atom. The molecule has 0 amide bonds. The smallest absolute Gasteiger partial charge is 0.346 e. The van der Waals surface area contributed by atoms with Gasteiger partial charge in [0.15, 0.2) is 11.5 Å². The Hall–Kier alpha value is -2.68. The van der Waals surface area contributed by atoms with Crippen LogP contribution in [-0.2, 0) is 6.54 Å². The fourth-order valence-corrected chi connectivity index (χ4v) is 2.51. The second-order valence-electron chi connectivity index (χ2n) is 6.00. The summed E-state index contributed by atoms with van der Waals surface area (Å²) in [5.74, 6) is 1.14. The molecule has 1 atom stereocenters. The highest BCUT2D eigenvalue weighted by Crippen LogP contribution is 2.32. The number of para-hydroxylation sites is 1. The van der Waals surface area contributed by atoms with Crippen LogP contribution in [0.3, 0.4) is 0 Å². The average Bonchev–Trinajstić information content (AvgIpc) is 3.12. The van der Waals surface area contributed by atoms with E-state index in [1.165, 1.54) is 4.68 Å². The van der Waals surface area contributed by atoms with Gasteiger partial charge in [0, 0.05) is 13.1 Å². The lowest BCUT2D eigenvalue weighted by Crippen LogP contribution is -2.23. The summed E-state index contributed by atoms with van der Waals surface area (Å²) in [5.41, 5.74) is 1.82. The molecule has 0 aliphatic heterocycles. The van der Waals surface area contributed by atoms with Crippen molar-refractivity contribution < 1.29 is 14.6 Å². The summed E-state index contributed by atoms with van der Waals surface area (Å²) in [6, 6.07) is 15.4. The summed E-state index contributed by atoms with van der Waals surface area (Å²) < 4.78 is 13.2. The highest BCUT2D eigenvalue weighted by molar-refractivity contribution is 5.85. The monoisotopic (exact) mass is 405 g/mol. The molecule has 3 aromatic rings. The topological polar surface area (TPSA) is 94.3 Å². The van der Waals surface area contributed by atoms with Crippen LogP contribution in [0.4, 0.5) is 0 Å². The van der Waals surface area contributed by atoms with Crippen LogP contribution in [0.2, 0.25) is 0 Å². The summed E-state index contributed by atoms with van der Waals surface area (Å²) in [6.07, 6.45) is -0.393. The standard InChI is InChI=1S/C19H23N5O3.ClH/c1-3-26-18-11-15(13-20-12-14(2)25)9-10-17(18)27-19-21-22-23-24(19)16-7-5-4-6-8-16;/h4-11,14,20,25H,3,12-13H2,1-2H3;1H. The van der Waals surface area contributed by atoms with Gasteiger partial charge in [0.1, 0.15) is 0 Å². The molecule has 2 aromatic carbocycles. The quantitative estimate of drug-likeness (QED) is 0.565. The average molecular weight is 406 g/mol. The molecule has 9 heteroatoms. The summed E-state index contributed by atoms with van der Waals surface area (Å²) in [7, 11) is 0. The number of hydrogen-bond donors (Lipinski definition) is 2. The van der Waals surface area contributed by atoms with Crippen LogP contribution in [-0.4, -0.2) is 44.6 Å². The summed E-state index contributed by atoms with van der Waals surface area (Å²) in [6.45, 7) is 5.30. The molecule has 1 unspecified atom stereocenters. The zero-order valence-corrected chi connectivity index (χ0v) is 16.6. The Balaban J connectivity index is 0.00000280. The molecule has 28 heavy (non-hydrogen) atoms. The molecule has 150 valence electrons. The summed E-state index contributed by atoms with van der Waals surface area (Å²) >= 11 is 0. The van der Waals surface area contributed by atoms with E-state index in [-0.39, 0.29) is 18.4 Å². The highest BCUT2D eigenvalue weighted by Gasteiger charge is 2.14. The normalized spacial score (nSPS) is 11.5. The number of hydrogen-bond acceptors (Lipinski definition) is 7. The van der Waals surface area contributed by atoms with E-state index in [9.17, 15) is 5.11 Å². The van der Waals surface area contributed by atoms with Gasteiger partial charge in [-0.1, -0.05) is 29.4 Å². The minimum atomic E-state index is -0.393. The first-order valence-electron chi connectivity index (χ1n) is 8.83. The molecule has 0 aliphatic carbocycles. The van der Waals surface area contributed by atoms with Gasteiger partial charge in [0.2, 0.25) is 0 Å². The van der Waals surface area contributed by atoms with E-state index < -0.39 is 6.10 Å². The van der Waals surface area contributed by atoms with E-state index in [0.717, 1.165) is 11.3 Å². The van der Waals surface area contributed by atoms with Crippen molar-refractivity contribution in [3.63, 3.8) is 0 Å². The molecule has 1 heterocycles. The van der Waals surface area contributed by atoms with Crippen molar-refractivity contribution in [2.75, 3.05) is 13.2 Å². The van der Waals surface area contributed by atoms with Crippen LogP contribution in [0.25, 0.3) is 5.69 Å². The van der Waals surface area contributed by atoms with Crippen molar-refractivity contribution in [1.29, 1.82) is 0 Å². The van der Waals surface area contributed by atoms with Gasteiger partial charge in [-0.25, -0.2) is 0 Å². The number of aliphatic hydroxyl groups excluding tert-OH is 1. The van der Waals surface area contributed by atoms with E-state index in [4.69, 9.17) is 9.47 Å². The highest BCUT2D eigenvalue weighted by atomic mass is 35.5. The first kappa shape index (κ1) is 21.6. The van der Waals surface area contributed by atoms with Gasteiger partial charge in [-0.2, -0.15) is 4.68 Å². The van der Waals surface area contributed by atoms with E-state index in [1.54, 1.807) is 6.92 Å². The zero-order chi connectivity index (χ0) is 19.1. The summed E-state index contributed by atoms with van der Waals surface area (Å²) in [5, 5.41) is 24.2. The predicted octanol–water partition coefficient (Wildman–Crippen LogP) is 2.75. The second-order valence-corrected chi connectivity index (χ2v) is 6.00. The number of aromatic nitrogens is 4. The third-order valence-electron chi connectivity index (χ3n) is 3.72. The maximum Gasteiger partial charge on any atom is 0.346 e. The molecule has 3 rings (SSSR count). The molecular formula is C19H24ClN5O3. The largest absolute Gasteiger partial charge is 0.490 e. The first-order valence-corrected chi connectivity index (χ1v) is 8.83. The molecule has 0 spiro atoms. The molecule has 1 aromatic heterocycles. The molecule has 0 aliphatic rings. The fourth-order valence-electron chi connectivity index (χ4n) is 2.51. The number of rotatable bonds is 9. The number of nitrogens with zero attached hydrogens (tertiary/aromatic N) is 4. The Bertz CT molecular complexity index is 858. The number of halogens is 1. The SMILES string of the molecule is CCOc1cc(CNCC(C)O)ccc1Oc1nnnn1-c1ccccc1.Cl. The molecular weight excluding hydrogens is 382 g/mol. The molecule has 0 bridgehead atoms. The van der Waals surface area contributed by atoms with Crippen molar-refractivity contribution in [3.05, 3.63) is 54.1 Å². The molecule has 0 radical (unpaired) electrons. The third kappa shape index (κ3) is 5.66. The Labute approximate surface area is 169 Å². The third-order valence-corrected chi connectivity index (χ3v) is 3.72. The van der Waals surface area contributed by atoms with Crippen molar-refractivity contribution in [2.45, 2.75) is 26.5 Å². The van der Waals surface area contributed by atoms with E-state index in [1.807, 2.05) is 55.5 Å². The Morgan fingerprint density at radius 3 is 2.64 bits per heavy atom. The van der Waals surface area contributed by atoms with Crippen molar-refractivity contribution in [1.82, 2.24) is 25.5 Å². The first-order chi connectivity index (χ1) is 13.2. The minimum Gasteiger partial charge on any atom is -0.490 e. The molecule has 8 nitrogen and oxygen atoms in total.